The highest BCUT2D eigenvalue weighted by Crippen LogP contribution is 2.25. The van der Waals surface area contributed by atoms with Crippen LogP contribution in [0.3, 0.4) is 0 Å². The summed E-state index contributed by atoms with van der Waals surface area (Å²) in [5.74, 6) is -1.28. The third-order valence-electron chi connectivity index (χ3n) is 6.23. The maximum Gasteiger partial charge on any atom is 0.308 e. The zero-order valence-electron chi connectivity index (χ0n) is 20.4. The molecule has 0 unspecified atom stereocenters. The summed E-state index contributed by atoms with van der Waals surface area (Å²) in [5.41, 5.74) is 4.07. The van der Waals surface area contributed by atoms with E-state index in [0.29, 0.717) is 11.3 Å². The fourth-order valence-corrected chi connectivity index (χ4v) is 4.29. The van der Waals surface area contributed by atoms with Gasteiger partial charge in [0.1, 0.15) is 0 Å². The van der Waals surface area contributed by atoms with E-state index in [2.05, 4.69) is 21.6 Å². The summed E-state index contributed by atoms with van der Waals surface area (Å²) in [6.45, 7) is 3.65. The third kappa shape index (κ3) is 6.72. The Morgan fingerprint density at radius 1 is 0.917 bits per heavy atom. The fraction of sp³-hybridized carbons (Fsp3) is 0.276. The van der Waals surface area contributed by atoms with Crippen LogP contribution >= 0.6 is 0 Å². The molecule has 1 fully saturated rings. The molecule has 1 atom stereocenters. The van der Waals surface area contributed by atoms with Crippen LogP contribution in [0.5, 0.6) is 0 Å². The Morgan fingerprint density at radius 2 is 1.58 bits per heavy atom. The van der Waals surface area contributed by atoms with E-state index in [-0.39, 0.29) is 12.3 Å². The second-order valence-electron chi connectivity index (χ2n) is 8.91. The third-order valence-corrected chi connectivity index (χ3v) is 6.23. The van der Waals surface area contributed by atoms with Gasteiger partial charge in [0.2, 0.25) is 0 Å². The number of benzene rings is 3. The average Bonchev–Trinajstić information content (AvgIpc) is 3.44. The van der Waals surface area contributed by atoms with Crippen LogP contribution in [0.4, 0.5) is 11.4 Å². The van der Waals surface area contributed by atoms with E-state index in [9.17, 15) is 14.4 Å². The van der Waals surface area contributed by atoms with Gasteiger partial charge in [-0.25, -0.2) is 0 Å². The molecular formula is C29H31N3O4. The number of anilines is 2. The zero-order chi connectivity index (χ0) is 25.3. The molecule has 7 heteroatoms. The molecule has 0 bridgehead atoms. The maximum atomic E-state index is 12.7. The maximum absolute atomic E-state index is 12.7. The number of hydrogen-bond donors (Lipinski definition) is 2. The van der Waals surface area contributed by atoms with Gasteiger partial charge in [-0.3, -0.25) is 14.4 Å². The first kappa shape index (κ1) is 25.0. The number of amides is 2. The highest BCUT2D eigenvalue weighted by Gasteiger charge is 2.21. The number of hydrogen-bond acceptors (Lipinski definition) is 5. The normalized spacial score (nSPS) is 13.6. The van der Waals surface area contributed by atoms with Crippen LogP contribution in [0.25, 0.3) is 0 Å². The number of nitrogens with one attached hydrogen (secondary N) is 2. The highest BCUT2D eigenvalue weighted by atomic mass is 16.5. The van der Waals surface area contributed by atoms with E-state index in [1.54, 1.807) is 24.3 Å². The SMILES string of the molecule is Cc1cc(N2CCCC2)ccc1NC(=O)COC(=O)C[C@@H](NC(=O)c1ccccc1)c1ccccc1. The van der Waals surface area contributed by atoms with Crippen LogP contribution in [-0.2, 0) is 14.3 Å². The lowest BCUT2D eigenvalue weighted by Crippen LogP contribution is -2.31. The molecule has 4 rings (SSSR count). The number of carbonyl (C=O) groups excluding carboxylic acids is 3. The summed E-state index contributed by atoms with van der Waals surface area (Å²) in [4.78, 5) is 40.1. The second kappa shape index (κ2) is 12.0. The van der Waals surface area contributed by atoms with Crippen LogP contribution in [0, 0.1) is 6.92 Å². The number of rotatable bonds is 9. The van der Waals surface area contributed by atoms with Gasteiger partial charge in [-0.15, -0.1) is 0 Å². The average molecular weight is 486 g/mol. The first-order valence-electron chi connectivity index (χ1n) is 12.2. The summed E-state index contributed by atoms with van der Waals surface area (Å²) in [6, 6.07) is 23.4. The Hall–Kier alpha value is -4.13. The molecule has 1 aliphatic heterocycles. The Bertz CT molecular complexity index is 1190. The Balaban J connectivity index is 1.32. The molecule has 0 aliphatic carbocycles. The Morgan fingerprint density at radius 3 is 2.25 bits per heavy atom. The summed E-state index contributed by atoms with van der Waals surface area (Å²) >= 11 is 0. The van der Waals surface area contributed by atoms with E-state index in [0.717, 1.165) is 29.9 Å². The minimum atomic E-state index is -0.588. The smallest absolute Gasteiger partial charge is 0.308 e. The van der Waals surface area contributed by atoms with E-state index in [1.165, 1.54) is 12.8 Å². The minimum Gasteiger partial charge on any atom is -0.455 e. The van der Waals surface area contributed by atoms with E-state index in [4.69, 9.17) is 4.74 Å². The molecular weight excluding hydrogens is 454 g/mol. The van der Waals surface area contributed by atoms with Gasteiger partial charge in [-0.2, -0.15) is 0 Å². The van der Waals surface area contributed by atoms with Crippen molar-refractivity contribution in [3.05, 3.63) is 95.6 Å². The number of nitrogens with zero attached hydrogens (tertiary/aromatic N) is 1. The van der Waals surface area contributed by atoms with Crippen molar-refractivity contribution in [1.82, 2.24) is 5.32 Å². The first-order valence-corrected chi connectivity index (χ1v) is 12.2. The molecule has 3 aromatic carbocycles. The molecule has 186 valence electrons. The van der Waals surface area contributed by atoms with Crippen molar-refractivity contribution in [2.45, 2.75) is 32.2 Å². The van der Waals surface area contributed by atoms with Crippen molar-refractivity contribution in [3.63, 3.8) is 0 Å². The molecule has 3 aromatic rings. The largest absolute Gasteiger partial charge is 0.455 e. The van der Waals surface area contributed by atoms with Crippen molar-refractivity contribution in [1.29, 1.82) is 0 Å². The molecule has 1 aliphatic rings. The van der Waals surface area contributed by atoms with Crippen LogP contribution in [0.15, 0.2) is 78.9 Å². The monoisotopic (exact) mass is 485 g/mol. The van der Waals surface area contributed by atoms with Crippen molar-refractivity contribution in [2.24, 2.45) is 0 Å². The second-order valence-corrected chi connectivity index (χ2v) is 8.91. The van der Waals surface area contributed by atoms with Crippen LogP contribution in [0.1, 0.15) is 46.8 Å². The summed E-state index contributed by atoms with van der Waals surface area (Å²) in [5, 5.41) is 5.72. The van der Waals surface area contributed by atoms with Crippen molar-refractivity contribution in [3.8, 4) is 0 Å². The Kier molecular flexibility index (Phi) is 8.34. The van der Waals surface area contributed by atoms with E-state index >= 15 is 0 Å². The van der Waals surface area contributed by atoms with Gasteiger partial charge in [0.05, 0.1) is 12.5 Å². The predicted molar refractivity (Wildman–Crippen MR) is 140 cm³/mol. The topological polar surface area (TPSA) is 87.7 Å². The molecule has 36 heavy (non-hydrogen) atoms. The van der Waals surface area contributed by atoms with E-state index < -0.39 is 24.5 Å². The molecule has 1 heterocycles. The molecule has 2 N–H and O–H groups in total. The van der Waals surface area contributed by atoms with Gasteiger partial charge in [0.15, 0.2) is 6.61 Å². The van der Waals surface area contributed by atoms with Crippen LogP contribution < -0.4 is 15.5 Å². The van der Waals surface area contributed by atoms with Gasteiger partial charge < -0.3 is 20.3 Å². The highest BCUT2D eigenvalue weighted by molar-refractivity contribution is 5.95. The Labute approximate surface area is 211 Å². The number of ether oxygens (including phenoxy) is 1. The summed E-state index contributed by atoms with van der Waals surface area (Å²) in [6.07, 6.45) is 2.30. The van der Waals surface area contributed by atoms with Crippen LogP contribution in [0.2, 0.25) is 0 Å². The van der Waals surface area contributed by atoms with Gasteiger partial charge >= 0.3 is 5.97 Å². The lowest BCUT2D eigenvalue weighted by atomic mass is 10.0. The zero-order valence-corrected chi connectivity index (χ0v) is 20.4. The molecule has 7 nitrogen and oxygen atoms in total. The van der Waals surface area contributed by atoms with E-state index in [1.807, 2.05) is 55.5 Å². The van der Waals surface area contributed by atoms with Crippen molar-refractivity contribution < 1.29 is 19.1 Å². The molecule has 0 saturated carbocycles. The summed E-state index contributed by atoms with van der Waals surface area (Å²) < 4.78 is 5.25. The van der Waals surface area contributed by atoms with Gasteiger partial charge in [-0.05, 0) is 61.2 Å². The first-order chi connectivity index (χ1) is 17.5. The molecule has 0 spiro atoms. The van der Waals surface area contributed by atoms with Crippen molar-refractivity contribution in [2.75, 3.05) is 29.9 Å². The molecule has 2 amide bonds. The predicted octanol–water partition coefficient (Wildman–Crippen LogP) is 4.64. The van der Waals surface area contributed by atoms with Gasteiger partial charge in [0, 0.05) is 30.0 Å². The standard InChI is InChI=1S/C29H31N3O4/c1-21-18-24(32-16-8-9-17-32)14-15-25(21)30-27(33)20-36-28(34)19-26(22-10-4-2-5-11-22)31-29(35)23-12-6-3-7-13-23/h2-7,10-15,18,26H,8-9,16-17,19-20H2,1H3,(H,30,33)(H,31,35)/t26-/m1/s1. The van der Waals surface area contributed by atoms with Gasteiger partial charge in [-0.1, -0.05) is 48.5 Å². The lowest BCUT2D eigenvalue weighted by molar-refractivity contribution is -0.147. The fourth-order valence-electron chi connectivity index (χ4n) is 4.29. The molecule has 1 saturated heterocycles. The molecule has 0 radical (unpaired) electrons. The van der Waals surface area contributed by atoms with Crippen LogP contribution in [-0.4, -0.2) is 37.5 Å². The number of carbonyl (C=O) groups is 3. The van der Waals surface area contributed by atoms with Crippen molar-refractivity contribution >= 4 is 29.2 Å². The number of aryl methyl sites for hydroxylation is 1. The number of esters is 1. The lowest BCUT2D eigenvalue weighted by Gasteiger charge is -2.20. The summed E-state index contributed by atoms with van der Waals surface area (Å²) in [7, 11) is 0. The van der Waals surface area contributed by atoms with Gasteiger partial charge in [0.25, 0.3) is 11.8 Å². The quantitative estimate of drug-likeness (QED) is 0.431. The molecule has 0 aromatic heterocycles. The minimum absolute atomic E-state index is 0.0978.